The topological polar surface area (TPSA) is 29.4 Å². The van der Waals surface area contributed by atoms with Gasteiger partial charge in [-0.3, -0.25) is 0 Å². The molecule has 0 amide bonds. The fourth-order valence-electron chi connectivity index (χ4n) is 1.94. The van der Waals surface area contributed by atoms with Gasteiger partial charge in [-0.1, -0.05) is 22.0 Å². The summed E-state index contributed by atoms with van der Waals surface area (Å²) in [5.41, 5.74) is 3.27. The molecule has 0 aliphatic heterocycles. The summed E-state index contributed by atoms with van der Waals surface area (Å²) >= 11 is 3.53. The molecule has 1 aliphatic rings. The Bertz CT molecular complexity index is 457. The molecule has 15 heavy (non-hydrogen) atoms. The normalized spacial score (nSPS) is 17.0. The molecule has 0 atom stereocenters. The van der Waals surface area contributed by atoms with E-state index in [-0.39, 0.29) is 5.54 Å². The van der Waals surface area contributed by atoms with Gasteiger partial charge in [-0.05, 0) is 49.4 Å². The van der Waals surface area contributed by atoms with E-state index in [0.29, 0.717) is 0 Å². The molecule has 0 unspecified atom stereocenters. The molecule has 0 spiro atoms. The first-order valence-electron chi connectivity index (χ1n) is 4.95. The molecule has 0 radical (unpaired) electrons. The molecule has 0 bridgehead atoms. The van der Waals surface area contributed by atoms with E-state index in [2.05, 4.69) is 46.9 Å². The molecule has 0 N–H and O–H groups in total. The number of hydrogen-bond donors (Lipinski definition) is 0. The first-order valence-corrected chi connectivity index (χ1v) is 5.75. The summed E-state index contributed by atoms with van der Waals surface area (Å²) in [6.45, 7) is 4.10. The Morgan fingerprint density at radius 3 is 2.60 bits per heavy atom. The molecule has 3 heteroatoms. The Labute approximate surface area is 97.5 Å². The smallest absolute Gasteiger partial charge is 0.211 e. The standard InChI is InChI=1S/C12H12BrNO/c1-8-5-10(9(2)11(13)6-8)12(3-4-12)14-7-15/h5-6H,3-4H2,1-2H3. The Morgan fingerprint density at radius 1 is 1.40 bits per heavy atom. The highest BCUT2D eigenvalue weighted by atomic mass is 79.9. The van der Waals surface area contributed by atoms with Crippen LogP contribution in [0.15, 0.2) is 21.6 Å². The molecule has 0 aromatic heterocycles. The minimum atomic E-state index is -0.264. The van der Waals surface area contributed by atoms with E-state index in [1.165, 1.54) is 11.1 Å². The molecular formula is C12H12BrNO. The van der Waals surface area contributed by atoms with Gasteiger partial charge in [0.15, 0.2) is 0 Å². The lowest BCUT2D eigenvalue weighted by molar-refractivity contribution is 0.556. The molecule has 78 valence electrons. The van der Waals surface area contributed by atoms with Crippen molar-refractivity contribution in [2.45, 2.75) is 32.2 Å². The average molecular weight is 266 g/mol. The summed E-state index contributed by atoms with van der Waals surface area (Å²) < 4.78 is 1.09. The molecule has 2 rings (SSSR count). The molecular weight excluding hydrogens is 254 g/mol. The van der Waals surface area contributed by atoms with Crippen LogP contribution in [-0.2, 0) is 10.3 Å². The molecule has 1 fully saturated rings. The Morgan fingerprint density at radius 2 is 2.07 bits per heavy atom. The number of aliphatic imine (C=N–C) groups is 1. The Balaban J connectivity index is 2.57. The van der Waals surface area contributed by atoms with Crippen LogP contribution in [0.4, 0.5) is 0 Å². The van der Waals surface area contributed by atoms with Crippen LogP contribution in [-0.4, -0.2) is 6.08 Å². The van der Waals surface area contributed by atoms with Gasteiger partial charge in [-0.15, -0.1) is 0 Å². The van der Waals surface area contributed by atoms with Crippen LogP contribution >= 0.6 is 15.9 Å². The third kappa shape index (κ3) is 1.77. The molecule has 0 saturated heterocycles. The summed E-state index contributed by atoms with van der Waals surface area (Å²) in [5, 5.41) is 0. The minimum Gasteiger partial charge on any atom is -0.211 e. The maximum Gasteiger partial charge on any atom is 0.235 e. The third-order valence-corrected chi connectivity index (χ3v) is 3.80. The van der Waals surface area contributed by atoms with Crippen LogP contribution in [0, 0.1) is 13.8 Å². The van der Waals surface area contributed by atoms with Crippen LogP contribution in [0.25, 0.3) is 0 Å². The zero-order valence-electron chi connectivity index (χ0n) is 8.80. The number of hydrogen-bond acceptors (Lipinski definition) is 2. The maximum absolute atomic E-state index is 10.4. The van der Waals surface area contributed by atoms with E-state index in [1.54, 1.807) is 6.08 Å². The van der Waals surface area contributed by atoms with E-state index in [9.17, 15) is 4.79 Å². The highest BCUT2D eigenvalue weighted by molar-refractivity contribution is 9.10. The lowest BCUT2D eigenvalue weighted by Gasteiger charge is -2.14. The van der Waals surface area contributed by atoms with Crippen molar-refractivity contribution in [2.75, 3.05) is 0 Å². The molecule has 2 nitrogen and oxygen atoms in total. The summed E-state index contributed by atoms with van der Waals surface area (Å²) in [6, 6.07) is 4.20. The average Bonchev–Trinajstić information content (AvgIpc) is 2.93. The number of benzene rings is 1. The van der Waals surface area contributed by atoms with Gasteiger partial charge >= 0.3 is 0 Å². The third-order valence-electron chi connectivity index (χ3n) is 2.97. The molecule has 0 heterocycles. The van der Waals surface area contributed by atoms with Crippen LogP contribution < -0.4 is 0 Å². The van der Waals surface area contributed by atoms with Crippen molar-refractivity contribution in [3.63, 3.8) is 0 Å². The number of isocyanates is 1. The quantitative estimate of drug-likeness (QED) is 0.596. The Kier molecular flexibility index (Phi) is 2.53. The van der Waals surface area contributed by atoms with Crippen molar-refractivity contribution >= 4 is 22.0 Å². The van der Waals surface area contributed by atoms with Crippen LogP contribution in [0.5, 0.6) is 0 Å². The fourth-order valence-corrected chi connectivity index (χ4v) is 2.52. The Hall–Kier alpha value is -0.920. The van der Waals surface area contributed by atoms with Gasteiger partial charge in [0, 0.05) is 4.47 Å². The van der Waals surface area contributed by atoms with Crippen molar-refractivity contribution in [1.82, 2.24) is 0 Å². The van der Waals surface area contributed by atoms with Crippen LogP contribution in [0.3, 0.4) is 0 Å². The SMILES string of the molecule is Cc1cc(Br)c(C)c(C2(N=C=O)CC2)c1. The van der Waals surface area contributed by atoms with Gasteiger partial charge in [0.25, 0.3) is 0 Å². The van der Waals surface area contributed by atoms with Gasteiger partial charge < -0.3 is 0 Å². The second-order valence-corrected chi connectivity index (χ2v) is 5.01. The zero-order valence-corrected chi connectivity index (χ0v) is 10.4. The van der Waals surface area contributed by atoms with Gasteiger partial charge in [0.1, 0.15) is 0 Å². The van der Waals surface area contributed by atoms with E-state index in [0.717, 1.165) is 22.9 Å². The number of aryl methyl sites for hydroxylation is 1. The monoisotopic (exact) mass is 265 g/mol. The summed E-state index contributed by atoms with van der Waals surface area (Å²) in [6.07, 6.45) is 3.61. The van der Waals surface area contributed by atoms with E-state index < -0.39 is 0 Å². The lowest BCUT2D eigenvalue weighted by atomic mass is 9.97. The van der Waals surface area contributed by atoms with E-state index >= 15 is 0 Å². The highest BCUT2D eigenvalue weighted by Gasteiger charge is 2.46. The predicted molar refractivity (Wildman–Crippen MR) is 62.6 cm³/mol. The van der Waals surface area contributed by atoms with Crippen molar-refractivity contribution in [1.29, 1.82) is 0 Å². The molecule has 1 aliphatic carbocycles. The summed E-state index contributed by atoms with van der Waals surface area (Å²) in [5.74, 6) is 0. The lowest BCUT2D eigenvalue weighted by Crippen LogP contribution is -2.05. The largest absolute Gasteiger partial charge is 0.235 e. The predicted octanol–water partition coefficient (Wildman–Crippen LogP) is 3.39. The van der Waals surface area contributed by atoms with Crippen molar-refractivity contribution in [2.24, 2.45) is 4.99 Å². The van der Waals surface area contributed by atoms with Crippen LogP contribution in [0.1, 0.15) is 29.5 Å². The molecule has 1 aromatic rings. The second-order valence-electron chi connectivity index (χ2n) is 4.15. The van der Waals surface area contributed by atoms with Gasteiger partial charge in [0.05, 0.1) is 5.54 Å². The summed E-state index contributed by atoms with van der Waals surface area (Å²) in [7, 11) is 0. The minimum absolute atomic E-state index is 0.264. The highest BCUT2D eigenvalue weighted by Crippen LogP contribution is 2.51. The fraction of sp³-hybridized carbons (Fsp3) is 0.417. The zero-order chi connectivity index (χ0) is 11.1. The van der Waals surface area contributed by atoms with E-state index in [4.69, 9.17) is 0 Å². The number of nitrogens with zero attached hydrogens (tertiary/aromatic N) is 1. The van der Waals surface area contributed by atoms with Crippen molar-refractivity contribution < 1.29 is 4.79 Å². The first-order chi connectivity index (χ1) is 7.09. The van der Waals surface area contributed by atoms with Crippen molar-refractivity contribution in [3.8, 4) is 0 Å². The first kappa shape index (κ1) is 10.6. The van der Waals surface area contributed by atoms with Gasteiger partial charge in [0.2, 0.25) is 6.08 Å². The number of carbonyl (C=O) groups excluding carboxylic acids is 1. The van der Waals surface area contributed by atoms with E-state index in [1.807, 2.05) is 0 Å². The van der Waals surface area contributed by atoms with Gasteiger partial charge in [-0.2, -0.15) is 4.99 Å². The molecule has 1 saturated carbocycles. The molecule has 1 aromatic carbocycles. The maximum atomic E-state index is 10.4. The second kappa shape index (κ2) is 3.58. The van der Waals surface area contributed by atoms with Crippen LogP contribution in [0.2, 0.25) is 0 Å². The summed E-state index contributed by atoms with van der Waals surface area (Å²) in [4.78, 5) is 14.4. The number of halogens is 1. The number of rotatable bonds is 2. The van der Waals surface area contributed by atoms with Crippen molar-refractivity contribution in [3.05, 3.63) is 33.3 Å². The van der Waals surface area contributed by atoms with Gasteiger partial charge in [-0.25, -0.2) is 4.79 Å².